The fraction of sp³-hybridized carbons (Fsp3) is 0.143. The molecule has 0 amide bonds. The van der Waals surface area contributed by atoms with E-state index in [1.54, 1.807) is 11.3 Å². The van der Waals surface area contributed by atoms with Crippen molar-refractivity contribution < 1.29 is 0 Å². The molecule has 4 aromatic rings. The van der Waals surface area contributed by atoms with Gasteiger partial charge in [0.25, 0.3) is 0 Å². The molecule has 2 aromatic heterocycles. The summed E-state index contributed by atoms with van der Waals surface area (Å²) < 4.78 is 1.91. The fourth-order valence-corrected chi connectivity index (χ4v) is 4.17. The molecule has 2 aromatic carbocycles. The average Bonchev–Trinajstić information content (AvgIpc) is 3.23. The molecule has 0 radical (unpaired) electrons. The highest BCUT2D eigenvalue weighted by atomic mass is 32.1. The van der Waals surface area contributed by atoms with E-state index in [9.17, 15) is 0 Å². The summed E-state index contributed by atoms with van der Waals surface area (Å²) in [6, 6.07) is 20.8. The summed E-state index contributed by atoms with van der Waals surface area (Å²) in [5.41, 5.74) is 4.68. The van der Waals surface area contributed by atoms with Gasteiger partial charge in [-0.25, -0.2) is 9.67 Å². The smallest absolute Gasteiger partial charge is 0.127 e. The van der Waals surface area contributed by atoms with Crippen molar-refractivity contribution in [2.24, 2.45) is 0 Å². The van der Waals surface area contributed by atoms with Crippen LogP contribution >= 0.6 is 11.3 Å². The minimum atomic E-state index is 0.629. The number of para-hydroxylation sites is 1. The molecule has 1 aliphatic carbocycles. The molecule has 0 unspecified atom stereocenters. The van der Waals surface area contributed by atoms with Crippen LogP contribution in [-0.4, -0.2) is 14.8 Å². The summed E-state index contributed by atoms with van der Waals surface area (Å²) in [5.74, 6) is 0.629. The first-order valence-electron chi connectivity index (χ1n) is 8.55. The van der Waals surface area contributed by atoms with Gasteiger partial charge in [-0.3, -0.25) is 0 Å². The largest absolute Gasteiger partial charge is 0.240 e. The Balaban J connectivity index is 1.56. The number of rotatable bonds is 4. The van der Waals surface area contributed by atoms with E-state index in [1.807, 2.05) is 29.1 Å². The highest BCUT2D eigenvalue weighted by Gasteiger charge is 2.30. The summed E-state index contributed by atoms with van der Waals surface area (Å²) in [6.45, 7) is 0. The summed E-state index contributed by atoms with van der Waals surface area (Å²) >= 11 is 1.78. The van der Waals surface area contributed by atoms with Gasteiger partial charge in [0.15, 0.2) is 0 Å². The summed E-state index contributed by atoms with van der Waals surface area (Å²) in [7, 11) is 0. The summed E-state index contributed by atoms with van der Waals surface area (Å²) in [6.07, 6.45) is 6.50. The second kappa shape index (κ2) is 5.97. The van der Waals surface area contributed by atoms with Gasteiger partial charge in [-0.15, -0.1) is 11.3 Å². The number of hydrogen-bond donors (Lipinski definition) is 0. The molecule has 1 saturated carbocycles. The molecule has 0 N–H and O–H groups in total. The normalized spacial score (nSPS) is 13.9. The lowest BCUT2D eigenvalue weighted by molar-refractivity contribution is 0.881. The van der Waals surface area contributed by atoms with Crippen molar-refractivity contribution in [2.75, 3.05) is 0 Å². The van der Waals surface area contributed by atoms with Crippen molar-refractivity contribution in [1.82, 2.24) is 14.8 Å². The predicted molar refractivity (Wildman–Crippen MR) is 102 cm³/mol. The Morgan fingerprint density at radius 1 is 0.880 bits per heavy atom. The van der Waals surface area contributed by atoms with Crippen LogP contribution in [0.4, 0.5) is 0 Å². The molecule has 122 valence electrons. The first-order valence-corrected chi connectivity index (χ1v) is 9.37. The van der Waals surface area contributed by atoms with Crippen LogP contribution in [0.2, 0.25) is 0 Å². The Morgan fingerprint density at radius 2 is 1.60 bits per heavy atom. The molecule has 2 heterocycles. The predicted octanol–water partition coefficient (Wildman–Crippen LogP) is 5.54. The van der Waals surface area contributed by atoms with Crippen molar-refractivity contribution in [1.29, 1.82) is 0 Å². The number of aromatic nitrogens is 3. The zero-order chi connectivity index (χ0) is 16.6. The number of hydrogen-bond acceptors (Lipinski definition) is 3. The molecule has 5 rings (SSSR count). The minimum absolute atomic E-state index is 0.629. The molecule has 0 spiro atoms. The topological polar surface area (TPSA) is 30.7 Å². The standard InChI is InChI=1S/C21H17N3S/c1-3-7-16(8-4-1)20-19(15-11-12-15)23-21(25-20)17-13-22-24(14-17)18-9-5-2-6-10-18/h1-10,13-15H,11-12H2. The van der Waals surface area contributed by atoms with E-state index in [2.05, 4.69) is 53.8 Å². The van der Waals surface area contributed by atoms with Crippen LogP contribution in [0.5, 0.6) is 0 Å². The third kappa shape index (κ3) is 2.79. The van der Waals surface area contributed by atoms with E-state index in [1.165, 1.54) is 29.0 Å². The Bertz CT molecular complexity index is 998. The molecule has 4 heteroatoms. The number of benzene rings is 2. The van der Waals surface area contributed by atoms with E-state index in [0.717, 1.165) is 16.3 Å². The SMILES string of the molecule is c1ccc(-c2sc(-c3cnn(-c4ccccc4)c3)nc2C2CC2)cc1. The maximum Gasteiger partial charge on any atom is 0.127 e. The molecule has 0 saturated heterocycles. The molecule has 0 atom stereocenters. The highest BCUT2D eigenvalue weighted by molar-refractivity contribution is 7.18. The van der Waals surface area contributed by atoms with Crippen molar-refractivity contribution >= 4 is 11.3 Å². The molecular formula is C21H17N3S. The maximum absolute atomic E-state index is 4.99. The highest BCUT2D eigenvalue weighted by Crippen LogP contribution is 2.47. The van der Waals surface area contributed by atoms with Crippen molar-refractivity contribution in [3.05, 3.63) is 78.8 Å². The monoisotopic (exact) mass is 343 g/mol. The lowest BCUT2D eigenvalue weighted by atomic mass is 10.1. The van der Waals surface area contributed by atoms with Gasteiger partial charge in [-0.05, 0) is 30.5 Å². The van der Waals surface area contributed by atoms with Gasteiger partial charge in [-0.2, -0.15) is 5.10 Å². The van der Waals surface area contributed by atoms with E-state index < -0.39 is 0 Å². The van der Waals surface area contributed by atoms with Crippen LogP contribution < -0.4 is 0 Å². The van der Waals surface area contributed by atoms with E-state index >= 15 is 0 Å². The van der Waals surface area contributed by atoms with Gasteiger partial charge in [0.1, 0.15) is 5.01 Å². The van der Waals surface area contributed by atoms with Gasteiger partial charge in [0.2, 0.25) is 0 Å². The minimum Gasteiger partial charge on any atom is -0.240 e. The molecule has 0 bridgehead atoms. The van der Waals surface area contributed by atoms with Crippen LogP contribution in [0.1, 0.15) is 24.5 Å². The average molecular weight is 343 g/mol. The lowest BCUT2D eigenvalue weighted by Gasteiger charge is -1.99. The molecule has 25 heavy (non-hydrogen) atoms. The molecule has 0 aliphatic heterocycles. The fourth-order valence-electron chi connectivity index (χ4n) is 3.04. The van der Waals surface area contributed by atoms with Gasteiger partial charge in [0, 0.05) is 17.7 Å². The molecular weight excluding hydrogens is 326 g/mol. The maximum atomic E-state index is 4.99. The van der Waals surface area contributed by atoms with Crippen LogP contribution in [0.15, 0.2) is 73.1 Å². The second-order valence-electron chi connectivity index (χ2n) is 6.38. The number of nitrogens with zero attached hydrogens (tertiary/aromatic N) is 3. The van der Waals surface area contributed by atoms with Crippen molar-refractivity contribution in [2.45, 2.75) is 18.8 Å². The van der Waals surface area contributed by atoms with Gasteiger partial charge in [-0.1, -0.05) is 48.5 Å². The lowest BCUT2D eigenvalue weighted by Crippen LogP contribution is -1.92. The number of thiazole rings is 1. The molecule has 1 fully saturated rings. The first-order chi connectivity index (χ1) is 12.4. The molecule has 3 nitrogen and oxygen atoms in total. The van der Waals surface area contributed by atoms with E-state index in [-0.39, 0.29) is 0 Å². The Kier molecular flexibility index (Phi) is 3.49. The van der Waals surface area contributed by atoms with Gasteiger partial charge in [0.05, 0.1) is 22.5 Å². The zero-order valence-corrected chi connectivity index (χ0v) is 14.5. The Hall–Kier alpha value is -2.72. The van der Waals surface area contributed by atoms with Crippen LogP contribution in [0, 0.1) is 0 Å². The van der Waals surface area contributed by atoms with E-state index in [0.29, 0.717) is 5.92 Å². The van der Waals surface area contributed by atoms with Gasteiger partial charge >= 0.3 is 0 Å². The third-order valence-electron chi connectivity index (χ3n) is 4.50. The van der Waals surface area contributed by atoms with Crippen LogP contribution in [0.25, 0.3) is 26.7 Å². The van der Waals surface area contributed by atoms with E-state index in [4.69, 9.17) is 4.98 Å². The molecule has 1 aliphatic rings. The quantitative estimate of drug-likeness (QED) is 0.487. The van der Waals surface area contributed by atoms with Crippen LogP contribution in [-0.2, 0) is 0 Å². The first kappa shape index (κ1) is 14.6. The third-order valence-corrected chi connectivity index (χ3v) is 5.67. The Labute approximate surface area is 150 Å². The Morgan fingerprint density at radius 3 is 2.32 bits per heavy atom. The van der Waals surface area contributed by atoms with Gasteiger partial charge < -0.3 is 0 Å². The summed E-state index contributed by atoms with van der Waals surface area (Å²) in [4.78, 5) is 6.30. The second-order valence-corrected chi connectivity index (χ2v) is 7.38. The van der Waals surface area contributed by atoms with Crippen LogP contribution in [0.3, 0.4) is 0 Å². The zero-order valence-electron chi connectivity index (χ0n) is 13.7. The summed E-state index contributed by atoms with van der Waals surface area (Å²) in [5, 5.41) is 5.58. The van der Waals surface area contributed by atoms with Crippen molar-refractivity contribution in [3.63, 3.8) is 0 Å². The van der Waals surface area contributed by atoms with Crippen molar-refractivity contribution in [3.8, 4) is 26.7 Å².